The molecule has 0 N–H and O–H groups in total. The first-order valence-corrected chi connectivity index (χ1v) is 3.76. The van der Waals surface area contributed by atoms with E-state index in [1.807, 2.05) is 0 Å². The van der Waals surface area contributed by atoms with E-state index in [4.69, 9.17) is 0 Å². The predicted octanol–water partition coefficient (Wildman–Crippen LogP) is 0.991. The molecule has 0 saturated heterocycles. The van der Waals surface area contributed by atoms with Crippen molar-refractivity contribution in [1.82, 2.24) is 0 Å². The molecule has 0 aromatic rings. The van der Waals surface area contributed by atoms with E-state index in [-0.39, 0.29) is 5.78 Å². The van der Waals surface area contributed by atoms with Crippen LogP contribution in [0.2, 0.25) is 0 Å². The molecule has 0 unspecified atom stereocenters. The molecule has 68 valence electrons. The second kappa shape index (κ2) is 3.80. The Kier molecular flexibility index (Phi) is 2.74. The first kappa shape index (κ1) is 9.38. The Bertz CT molecular complexity index is 337. The van der Waals surface area contributed by atoms with E-state index in [0.717, 1.165) is 0 Å². The van der Waals surface area contributed by atoms with Gasteiger partial charge in [-0.05, 0) is 30.7 Å². The molecule has 0 aromatic carbocycles. The zero-order chi connectivity index (χ0) is 9.84. The molecule has 0 amide bonds. The highest BCUT2D eigenvalue weighted by atomic mass is 16.7. The summed E-state index contributed by atoms with van der Waals surface area (Å²) in [6.45, 7) is 2.99. The Morgan fingerprint density at radius 3 is 2.69 bits per heavy atom. The van der Waals surface area contributed by atoms with Crippen molar-refractivity contribution in [2.45, 2.75) is 13.8 Å². The number of carbonyl (C=O) groups is 2. The predicted molar refractivity (Wildman–Crippen MR) is 47.1 cm³/mol. The van der Waals surface area contributed by atoms with E-state index in [9.17, 15) is 9.59 Å². The lowest BCUT2D eigenvalue weighted by Gasteiger charge is -2.03. The molecule has 0 fully saturated rings. The SMILES string of the molecule is CC(=O)O/N=C1/C=CC(=O)C=C1C. The summed E-state index contributed by atoms with van der Waals surface area (Å²) in [7, 11) is 0. The van der Waals surface area contributed by atoms with Crippen LogP contribution < -0.4 is 0 Å². The Morgan fingerprint density at radius 2 is 2.15 bits per heavy atom. The van der Waals surface area contributed by atoms with E-state index in [1.54, 1.807) is 6.92 Å². The highest BCUT2D eigenvalue weighted by molar-refractivity contribution is 6.19. The van der Waals surface area contributed by atoms with Crippen LogP contribution in [-0.4, -0.2) is 17.5 Å². The first-order valence-electron chi connectivity index (χ1n) is 3.76. The van der Waals surface area contributed by atoms with Crippen LogP contribution in [0.3, 0.4) is 0 Å². The molecule has 0 heterocycles. The van der Waals surface area contributed by atoms with Gasteiger partial charge in [0.1, 0.15) is 5.71 Å². The van der Waals surface area contributed by atoms with Gasteiger partial charge in [0.05, 0.1) is 0 Å². The summed E-state index contributed by atoms with van der Waals surface area (Å²) in [6.07, 6.45) is 4.32. The van der Waals surface area contributed by atoms with Crippen LogP contribution in [0.4, 0.5) is 0 Å². The van der Waals surface area contributed by atoms with E-state index in [1.165, 1.54) is 25.2 Å². The third-order valence-corrected chi connectivity index (χ3v) is 1.44. The monoisotopic (exact) mass is 179 g/mol. The third-order valence-electron chi connectivity index (χ3n) is 1.44. The van der Waals surface area contributed by atoms with Crippen LogP contribution in [0.5, 0.6) is 0 Å². The number of carbonyl (C=O) groups excluding carboxylic acids is 2. The van der Waals surface area contributed by atoms with Gasteiger partial charge in [0, 0.05) is 6.92 Å². The average Bonchev–Trinajstić information content (AvgIpc) is 2.02. The van der Waals surface area contributed by atoms with Gasteiger partial charge in [-0.1, -0.05) is 5.16 Å². The fourth-order valence-corrected chi connectivity index (χ4v) is 0.844. The van der Waals surface area contributed by atoms with Gasteiger partial charge >= 0.3 is 5.97 Å². The van der Waals surface area contributed by atoms with Gasteiger partial charge in [-0.25, -0.2) is 4.79 Å². The lowest BCUT2D eigenvalue weighted by atomic mass is 10.1. The van der Waals surface area contributed by atoms with Crippen molar-refractivity contribution in [1.29, 1.82) is 0 Å². The van der Waals surface area contributed by atoms with Crippen molar-refractivity contribution in [2.75, 3.05) is 0 Å². The number of hydrogen-bond donors (Lipinski definition) is 0. The zero-order valence-corrected chi connectivity index (χ0v) is 7.40. The van der Waals surface area contributed by atoms with E-state index < -0.39 is 5.97 Å². The third kappa shape index (κ3) is 2.66. The lowest BCUT2D eigenvalue weighted by Crippen LogP contribution is -2.07. The van der Waals surface area contributed by atoms with Gasteiger partial charge in [0.2, 0.25) is 0 Å². The maximum atomic E-state index is 10.8. The first-order chi connectivity index (χ1) is 6.09. The number of oxime groups is 1. The van der Waals surface area contributed by atoms with Crippen molar-refractivity contribution in [3.05, 3.63) is 23.8 Å². The molecule has 0 aromatic heterocycles. The number of nitrogens with zero attached hydrogens (tertiary/aromatic N) is 1. The summed E-state index contributed by atoms with van der Waals surface area (Å²) < 4.78 is 0. The van der Waals surface area contributed by atoms with Gasteiger partial charge in [-0.15, -0.1) is 0 Å². The van der Waals surface area contributed by atoms with Crippen molar-refractivity contribution >= 4 is 17.5 Å². The molecule has 0 bridgehead atoms. The lowest BCUT2D eigenvalue weighted by molar-refractivity contribution is -0.140. The summed E-state index contributed by atoms with van der Waals surface area (Å²) in [4.78, 5) is 25.7. The quantitative estimate of drug-likeness (QED) is 0.342. The van der Waals surface area contributed by atoms with Gasteiger partial charge < -0.3 is 4.84 Å². The van der Waals surface area contributed by atoms with Crippen LogP contribution in [0.15, 0.2) is 29.0 Å². The standard InChI is InChI=1S/C9H9NO3/c1-6-5-8(12)3-4-9(6)10-13-7(2)11/h3-5H,1-2H3/b10-9-. The average molecular weight is 179 g/mol. The zero-order valence-electron chi connectivity index (χ0n) is 7.40. The Labute approximate surface area is 75.6 Å². The topological polar surface area (TPSA) is 55.7 Å². The minimum absolute atomic E-state index is 0.0840. The largest absolute Gasteiger partial charge is 0.332 e. The number of allylic oxidation sites excluding steroid dienone is 4. The molecule has 0 aliphatic heterocycles. The van der Waals surface area contributed by atoms with Crippen molar-refractivity contribution in [3.63, 3.8) is 0 Å². The Balaban J connectivity index is 2.77. The summed E-state index contributed by atoms with van der Waals surface area (Å²) in [6, 6.07) is 0. The maximum Gasteiger partial charge on any atom is 0.332 e. The van der Waals surface area contributed by atoms with Gasteiger partial charge in [0.25, 0.3) is 0 Å². The molecule has 0 spiro atoms. The highest BCUT2D eigenvalue weighted by Gasteiger charge is 2.07. The molecule has 13 heavy (non-hydrogen) atoms. The van der Waals surface area contributed by atoms with E-state index in [2.05, 4.69) is 9.99 Å². The number of ketones is 1. The molecule has 4 heteroatoms. The molecule has 0 saturated carbocycles. The molecule has 0 radical (unpaired) electrons. The van der Waals surface area contributed by atoms with Crippen LogP contribution in [0.1, 0.15) is 13.8 Å². The molecule has 1 aliphatic rings. The van der Waals surface area contributed by atoms with E-state index >= 15 is 0 Å². The molecule has 1 rings (SSSR count). The molecular weight excluding hydrogens is 170 g/mol. The number of rotatable bonds is 1. The second-order valence-electron chi connectivity index (χ2n) is 2.62. The fraction of sp³-hybridized carbons (Fsp3) is 0.222. The van der Waals surface area contributed by atoms with Crippen molar-refractivity contribution in [3.8, 4) is 0 Å². The second-order valence-corrected chi connectivity index (χ2v) is 2.62. The van der Waals surface area contributed by atoms with Crippen LogP contribution in [-0.2, 0) is 14.4 Å². The smallest absolute Gasteiger partial charge is 0.318 e. The van der Waals surface area contributed by atoms with Crippen molar-refractivity contribution < 1.29 is 14.4 Å². The molecular formula is C9H9NO3. The Morgan fingerprint density at radius 1 is 1.46 bits per heavy atom. The fourth-order valence-electron chi connectivity index (χ4n) is 0.844. The molecule has 1 aliphatic carbocycles. The summed E-state index contributed by atoms with van der Waals surface area (Å²) in [5.41, 5.74) is 1.18. The summed E-state index contributed by atoms with van der Waals surface area (Å²) in [5, 5.41) is 3.56. The summed E-state index contributed by atoms with van der Waals surface area (Å²) >= 11 is 0. The maximum absolute atomic E-state index is 10.8. The van der Waals surface area contributed by atoms with Gasteiger partial charge in [-0.3, -0.25) is 4.79 Å². The van der Waals surface area contributed by atoms with Gasteiger partial charge in [-0.2, -0.15) is 0 Å². The summed E-state index contributed by atoms with van der Waals surface area (Å²) in [5.74, 6) is -0.565. The van der Waals surface area contributed by atoms with Crippen LogP contribution in [0.25, 0.3) is 0 Å². The van der Waals surface area contributed by atoms with Crippen LogP contribution in [0, 0.1) is 0 Å². The minimum atomic E-state index is -0.481. The van der Waals surface area contributed by atoms with Gasteiger partial charge in [0.15, 0.2) is 5.78 Å². The van der Waals surface area contributed by atoms with Crippen LogP contribution >= 0.6 is 0 Å². The Hall–Kier alpha value is -1.71. The molecule has 0 atom stereocenters. The van der Waals surface area contributed by atoms with E-state index in [0.29, 0.717) is 11.3 Å². The normalized spacial score (nSPS) is 18.8. The number of hydrogen-bond acceptors (Lipinski definition) is 4. The highest BCUT2D eigenvalue weighted by Crippen LogP contribution is 2.06. The molecule has 4 nitrogen and oxygen atoms in total. The van der Waals surface area contributed by atoms with Crippen molar-refractivity contribution in [2.24, 2.45) is 5.16 Å². The minimum Gasteiger partial charge on any atom is -0.318 e.